The SMILES string of the molecule is Nc1nccc2ccc(CNC(=O)c3ccc4c(c3)c3oc4c4ccc(-c5ccc(F)cc5F)cc43)cc12. The molecule has 7 aromatic rings. The van der Waals surface area contributed by atoms with Crippen molar-refractivity contribution in [1.82, 2.24) is 10.3 Å². The Morgan fingerprint density at radius 1 is 0.816 bits per heavy atom. The number of benzene rings is 5. The van der Waals surface area contributed by atoms with Gasteiger partial charge in [-0.1, -0.05) is 18.2 Å². The van der Waals surface area contributed by atoms with Gasteiger partial charge in [0.25, 0.3) is 5.91 Å². The molecule has 0 aliphatic carbocycles. The van der Waals surface area contributed by atoms with Crippen LogP contribution in [0.5, 0.6) is 0 Å². The molecule has 0 fully saturated rings. The second kappa shape index (κ2) is 8.24. The molecule has 38 heavy (non-hydrogen) atoms. The van der Waals surface area contributed by atoms with Gasteiger partial charge in [0.2, 0.25) is 0 Å². The number of nitrogen functional groups attached to an aromatic ring is 1. The number of carbonyl (C=O) groups excluding carboxylic acids is 1. The summed E-state index contributed by atoms with van der Waals surface area (Å²) in [5.41, 5.74) is 9.67. The molecule has 0 aliphatic rings. The topological polar surface area (TPSA) is 81.1 Å². The van der Waals surface area contributed by atoms with Crippen LogP contribution >= 0.6 is 0 Å². The predicted octanol–water partition coefficient (Wildman–Crippen LogP) is 7.18. The van der Waals surface area contributed by atoms with Crippen molar-refractivity contribution in [1.29, 1.82) is 0 Å². The van der Waals surface area contributed by atoms with Crippen LogP contribution in [0.15, 0.2) is 89.5 Å². The monoisotopic (exact) mass is 503 g/mol. The van der Waals surface area contributed by atoms with Gasteiger partial charge in [-0.05, 0) is 71.1 Å². The normalized spacial score (nSPS) is 11.7. The molecule has 3 heterocycles. The third-order valence-corrected chi connectivity index (χ3v) is 7.04. The van der Waals surface area contributed by atoms with Gasteiger partial charge in [0.15, 0.2) is 0 Å². The highest BCUT2D eigenvalue weighted by Gasteiger charge is 2.20. The predicted molar refractivity (Wildman–Crippen MR) is 145 cm³/mol. The number of rotatable bonds is 4. The summed E-state index contributed by atoms with van der Waals surface area (Å²) in [6.45, 7) is 0.333. The highest BCUT2D eigenvalue weighted by Crippen LogP contribution is 2.42. The number of hydrogen-bond acceptors (Lipinski definition) is 4. The van der Waals surface area contributed by atoms with E-state index in [4.69, 9.17) is 10.2 Å². The molecule has 0 unspecified atom stereocenters. The van der Waals surface area contributed by atoms with Crippen molar-refractivity contribution in [3.8, 4) is 11.1 Å². The van der Waals surface area contributed by atoms with Crippen molar-refractivity contribution >= 4 is 55.2 Å². The number of amides is 1. The first kappa shape index (κ1) is 22.2. The van der Waals surface area contributed by atoms with Crippen LogP contribution in [0.3, 0.4) is 0 Å². The van der Waals surface area contributed by atoms with Gasteiger partial charge in [-0.2, -0.15) is 0 Å². The molecule has 3 aromatic heterocycles. The minimum atomic E-state index is -0.628. The molecular weight excluding hydrogens is 484 g/mol. The summed E-state index contributed by atoms with van der Waals surface area (Å²) >= 11 is 0. The Balaban J connectivity index is 1.21. The molecule has 2 bridgehead atoms. The zero-order chi connectivity index (χ0) is 26.0. The Bertz CT molecular complexity index is 2050. The molecule has 0 spiro atoms. The highest BCUT2D eigenvalue weighted by atomic mass is 19.1. The van der Waals surface area contributed by atoms with Crippen LogP contribution in [-0.4, -0.2) is 10.9 Å². The number of anilines is 1. The van der Waals surface area contributed by atoms with Gasteiger partial charge in [0.1, 0.15) is 28.6 Å². The van der Waals surface area contributed by atoms with E-state index < -0.39 is 11.6 Å². The Labute approximate surface area is 214 Å². The van der Waals surface area contributed by atoms with E-state index >= 15 is 0 Å². The molecule has 0 saturated carbocycles. The number of nitrogens with two attached hydrogens (primary N) is 1. The second-order valence-corrected chi connectivity index (χ2v) is 9.34. The summed E-state index contributed by atoms with van der Waals surface area (Å²) in [5, 5.41) is 8.23. The average Bonchev–Trinajstić information content (AvgIpc) is 3.49. The summed E-state index contributed by atoms with van der Waals surface area (Å²) in [6.07, 6.45) is 1.67. The molecule has 184 valence electrons. The number of carbonyl (C=O) groups is 1. The summed E-state index contributed by atoms with van der Waals surface area (Å²) in [4.78, 5) is 17.2. The number of pyridine rings is 1. The molecule has 0 atom stereocenters. The van der Waals surface area contributed by atoms with Crippen LogP contribution in [0.25, 0.3) is 54.6 Å². The van der Waals surface area contributed by atoms with Gasteiger partial charge < -0.3 is 15.5 Å². The lowest BCUT2D eigenvalue weighted by atomic mass is 9.97. The number of halogens is 2. The van der Waals surface area contributed by atoms with E-state index in [1.165, 1.54) is 12.1 Å². The van der Waals surface area contributed by atoms with Crippen molar-refractivity contribution in [2.45, 2.75) is 6.54 Å². The fourth-order valence-electron chi connectivity index (χ4n) is 5.14. The van der Waals surface area contributed by atoms with Crippen molar-refractivity contribution in [3.05, 3.63) is 108 Å². The fraction of sp³-hybridized carbons (Fsp3) is 0.0323. The van der Waals surface area contributed by atoms with Crippen molar-refractivity contribution in [3.63, 3.8) is 0 Å². The number of fused-ring (bicyclic) bond motifs is 9. The molecular formula is C31H19F2N3O2. The van der Waals surface area contributed by atoms with Crippen LogP contribution < -0.4 is 11.1 Å². The Hall–Kier alpha value is -5.04. The van der Waals surface area contributed by atoms with Crippen molar-refractivity contribution in [2.24, 2.45) is 0 Å². The van der Waals surface area contributed by atoms with Gasteiger partial charge >= 0.3 is 0 Å². The number of furan rings is 2. The third-order valence-electron chi connectivity index (χ3n) is 7.04. The first-order valence-electron chi connectivity index (χ1n) is 12.0. The Morgan fingerprint density at radius 3 is 2.45 bits per heavy atom. The first-order valence-corrected chi connectivity index (χ1v) is 12.0. The first-order chi connectivity index (χ1) is 18.5. The maximum Gasteiger partial charge on any atom is 0.251 e. The van der Waals surface area contributed by atoms with Crippen molar-refractivity contribution in [2.75, 3.05) is 5.73 Å². The van der Waals surface area contributed by atoms with Crippen molar-refractivity contribution < 1.29 is 18.0 Å². The number of hydrogen-bond donors (Lipinski definition) is 2. The summed E-state index contributed by atoms with van der Waals surface area (Å²) in [7, 11) is 0. The smallest absolute Gasteiger partial charge is 0.251 e. The molecule has 5 nitrogen and oxygen atoms in total. The molecule has 1 amide bonds. The lowest BCUT2D eigenvalue weighted by Gasteiger charge is -2.08. The fourth-order valence-corrected chi connectivity index (χ4v) is 5.14. The van der Waals surface area contributed by atoms with Gasteiger partial charge in [0.05, 0.1) is 0 Å². The van der Waals surface area contributed by atoms with E-state index in [0.717, 1.165) is 43.9 Å². The Kier molecular flexibility index (Phi) is 4.81. The second-order valence-electron chi connectivity index (χ2n) is 9.34. The molecule has 7 rings (SSSR count). The van der Waals surface area contributed by atoms with Gasteiger partial charge in [-0.15, -0.1) is 0 Å². The van der Waals surface area contributed by atoms with Gasteiger partial charge in [-0.3, -0.25) is 4.79 Å². The van der Waals surface area contributed by atoms with Crippen LogP contribution in [0.4, 0.5) is 14.6 Å². The average molecular weight is 504 g/mol. The number of aromatic nitrogens is 1. The molecule has 0 aliphatic heterocycles. The third kappa shape index (κ3) is 3.43. The van der Waals surface area contributed by atoms with E-state index in [-0.39, 0.29) is 5.91 Å². The molecule has 7 heteroatoms. The van der Waals surface area contributed by atoms with E-state index in [1.54, 1.807) is 18.3 Å². The molecule has 4 aromatic carbocycles. The highest BCUT2D eigenvalue weighted by molar-refractivity contribution is 6.26. The maximum atomic E-state index is 14.4. The largest absolute Gasteiger partial charge is 0.455 e. The molecule has 3 N–H and O–H groups in total. The zero-order valence-electron chi connectivity index (χ0n) is 19.9. The number of nitrogens with zero attached hydrogens (tertiary/aromatic N) is 1. The maximum absolute atomic E-state index is 14.4. The Morgan fingerprint density at radius 2 is 1.61 bits per heavy atom. The van der Waals surface area contributed by atoms with E-state index in [1.807, 2.05) is 48.5 Å². The summed E-state index contributed by atoms with van der Waals surface area (Å²) < 4.78 is 33.9. The lowest BCUT2D eigenvalue weighted by molar-refractivity contribution is 0.0951. The van der Waals surface area contributed by atoms with Crippen LogP contribution in [0, 0.1) is 11.6 Å². The molecule has 0 saturated heterocycles. The quantitative estimate of drug-likeness (QED) is 0.249. The summed E-state index contributed by atoms with van der Waals surface area (Å²) in [6, 6.07) is 22.2. The van der Waals surface area contributed by atoms with Gasteiger partial charge in [-0.25, -0.2) is 13.8 Å². The van der Waals surface area contributed by atoms with Crippen LogP contribution in [0.2, 0.25) is 0 Å². The van der Waals surface area contributed by atoms with Crippen LogP contribution in [0.1, 0.15) is 15.9 Å². The van der Waals surface area contributed by atoms with E-state index in [0.29, 0.717) is 40.2 Å². The lowest BCUT2D eigenvalue weighted by Crippen LogP contribution is -2.22. The molecule has 0 radical (unpaired) electrons. The standard InChI is InChI=1S/C31H19F2N3O2/c32-20-5-8-21(27(33)14-20)18-3-6-22-25(12-18)29-26-13-19(4-7-23(26)28(22)38-29)31(37)36-15-16-1-2-17-9-10-35-30(34)24(17)11-16/h1-14H,15H2,(H2,34,35)(H,36,37). The number of nitrogens with one attached hydrogen (secondary N) is 1. The zero-order valence-corrected chi connectivity index (χ0v) is 19.9. The van der Waals surface area contributed by atoms with Gasteiger partial charge in [0, 0.05) is 56.9 Å². The minimum absolute atomic E-state index is 0.220. The van der Waals surface area contributed by atoms with E-state index in [2.05, 4.69) is 10.3 Å². The summed E-state index contributed by atoms with van der Waals surface area (Å²) in [5.74, 6) is -1.02. The minimum Gasteiger partial charge on any atom is -0.455 e. The van der Waals surface area contributed by atoms with E-state index in [9.17, 15) is 13.6 Å². The van der Waals surface area contributed by atoms with Crippen LogP contribution in [-0.2, 0) is 6.54 Å².